The highest BCUT2D eigenvalue weighted by Gasteiger charge is 2.54. The van der Waals surface area contributed by atoms with Gasteiger partial charge in [-0.2, -0.15) is 11.8 Å². The number of amides is 1. The summed E-state index contributed by atoms with van der Waals surface area (Å²) in [6.07, 6.45) is 1.36. The maximum Gasteiger partial charge on any atom is 0.330 e. The molecule has 2 aliphatic rings. The van der Waals surface area contributed by atoms with E-state index in [2.05, 4.69) is 0 Å². The van der Waals surface area contributed by atoms with E-state index in [4.69, 9.17) is 4.74 Å². The van der Waals surface area contributed by atoms with Crippen LogP contribution in [-0.4, -0.2) is 44.8 Å². The van der Waals surface area contributed by atoms with E-state index in [1.165, 1.54) is 12.1 Å². The molecule has 0 bridgehead atoms. The molecular weight excluding hydrogens is 332 g/mol. The van der Waals surface area contributed by atoms with Crippen LogP contribution in [0.2, 0.25) is 0 Å². The second kappa shape index (κ2) is 6.80. The van der Waals surface area contributed by atoms with E-state index in [1.807, 2.05) is 6.92 Å². The summed E-state index contributed by atoms with van der Waals surface area (Å²) in [6.45, 7) is 2.07. The standard InChI is InChI=1S/C16H18N2O5S/c1-2-24-13-7-12-8-14(19)17(12)15(13)16(20)23-9-10-3-5-11(6-4-10)18(21)22/h3-6,12-13,15H,2,7-9H2,1H3/t12?,13-,15-/m1/s1. The van der Waals surface area contributed by atoms with Crippen molar-refractivity contribution in [2.75, 3.05) is 5.75 Å². The Bertz CT molecular complexity index is 663. The number of hydrogen-bond donors (Lipinski definition) is 0. The van der Waals surface area contributed by atoms with Gasteiger partial charge in [0.05, 0.1) is 4.92 Å². The lowest BCUT2D eigenvalue weighted by Crippen LogP contribution is -2.55. The zero-order chi connectivity index (χ0) is 17.3. The van der Waals surface area contributed by atoms with Gasteiger partial charge in [0.2, 0.25) is 5.91 Å². The van der Waals surface area contributed by atoms with Gasteiger partial charge in [0.25, 0.3) is 5.69 Å². The number of ether oxygens (including phenoxy) is 1. The molecule has 0 aromatic heterocycles. The van der Waals surface area contributed by atoms with Crippen LogP contribution in [0.1, 0.15) is 25.3 Å². The fraction of sp³-hybridized carbons (Fsp3) is 0.500. The van der Waals surface area contributed by atoms with Gasteiger partial charge in [-0.25, -0.2) is 4.79 Å². The number of carbonyl (C=O) groups is 2. The minimum Gasteiger partial charge on any atom is -0.459 e. The molecule has 0 N–H and O–H groups in total. The highest BCUT2D eigenvalue weighted by molar-refractivity contribution is 7.99. The number of β-lactam (4-membered cyclic amide) rings is 1. The SMILES string of the molecule is CCS[C@@H]1CC2CC(=O)N2[C@H]1C(=O)OCc1ccc([N+](=O)[O-])cc1. The van der Waals surface area contributed by atoms with E-state index < -0.39 is 16.9 Å². The second-order valence-corrected chi connectivity index (χ2v) is 7.38. The van der Waals surface area contributed by atoms with Gasteiger partial charge < -0.3 is 9.64 Å². The van der Waals surface area contributed by atoms with Crippen LogP contribution >= 0.6 is 11.8 Å². The Balaban J connectivity index is 1.62. The Hall–Kier alpha value is -2.09. The van der Waals surface area contributed by atoms with Crippen molar-refractivity contribution in [3.8, 4) is 0 Å². The van der Waals surface area contributed by atoms with Crippen LogP contribution in [-0.2, 0) is 20.9 Å². The van der Waals surface area contributed by atoms with Gasteiger partial charge in [-0.15, -0.1) is 0 Å². The van der Waals surface area contributed by atoms with Crippen molar-refractivity contribution in [3.05, 3.63) is 39.9 Å². The average molecular weight is 350 g/mol. The molecule has 1 unspecified atom stereocenters. The topological polar surface area (TPSA) is 89.8 Å². The molecular formula is C16H18N2O5S. The number of thioether (sulfide) groups is 1. The third kappa shape index (κ3) is 3.10. The quantitative estimate of drug-likeness (QED) is 0.338. The van der Waals surface area contributed by atoms with Gasteiger partial charge in [0.1, 0.15) is 12.6 Å². The molecule has 3 rings (SSSR count). The lowest BCUT2D eigenvalue weighted by molar-refractivity contribution is -0.384. The monoisotopic (exact) mass is 350 g/mol. The summed E-state index contributed by atoms with van der Waals surface area (Å²) in [7, 11) is 0. The average Bonchev–Trinajstić information content (AvgIpc) is 2.85. The zero-order valence-corrected chi connectivity index (χ0v) is 14.0. The first-order chi connectivity index (χ1) is 11.5. The van der Waals surface area contributed by atoms with Gasteiger partial charge in [-0.3, -0.25) is 14.9 Å². The largest absolute Gasteiger partial charge is 0.459 e. The van der Waals surface area contributed by atoms with Crippen molar-refractivity contribution < 1.29 is 19.2 Å². The van der Waals surface area contributed by atoms with Gasteiger partial charge in [0, 0.05) is 29.8 Å². The maximum atomic E-state index is 12.5. The Morgan fingerprint density at radius 2 is 2.12 bits per heavy atom. The summed E-state index contributed by atoms with van der Waals surface area (Å²) >= 11 is 1.68. The second-order valence-electron chi connectivity index (χ2n) is 5.86. The Labute approximate surface area is 143 Å². The smallest absolute Gasteiger partial charge is 0.330 e. The van der Waals surface area contributed by atoms with Gasteiger partial charge in [-0.05, 0) is 29.9 Å². The molecule has 0 aliphatic carbocycles. The number of non-ortho nitro benzene ring substituents is 1. The lowest BCUT2D eigenvalue weighted by Gasteiger charge is -2.37. The summed E-state index contributed by atoms with van der Waals surface area (Å²) in [5, 5.41) is 10.7. The fourth-order valence-electron chi connectivity index (χ4n) is 3.24. The van der Waals surface area contributed by atoms with Crippen molar-refractivity contribution in [3.63, 3.8) is 0 Å². The number of rotatable bonds is 6. The number of fused-ring (bicyclic) bond motifs is 1. The first kappa shape index (κ1) is 16.8. The fourth-order valence-corrected chi connectivity index (χ4v) is 4.46. The Morgan fingerprint density at radius 3 is 2.71 bits per heavy atom. The highest BCUT2D eigenvalue weighted by Crippen LogP contribution is 2.41. The number of esters is 1. The van der Waals surface area contributed by atoms with Crippen LogP contribution in [0.25, 0.3) is 0 Å². The minimum atomic E-state index is -0.515. The summed E-state index contributed by atoms with van der Waals surface area (Å²) < 4.78 is 5.37. The molecule has 7 nitrogen and oxygen atoms in total. The first-order valence-electron chi connectivity index (χ1n) is 7.84. The molecule has 2 fully saturated rings. The van der Waals surface area contributed by atoms with E-state index >= 15 is 0 Å². The van der Waals surface area contributed by atoms with E-state index in [-0.39, 0.29) is 29.5 Å². The van der Waals surface area contributed by atoms with Gasteiger partial charge in [-0.1, -0.05) is 6.92 Å². The predicted octanol–water partition coefficient (Wildman–Crippen LogP) is 2.13. The molecule has 1 aromatic carbocycles. The van der Waals surface area contributed by atoms with Crippen LogP contribution in [0.4, 0.5) is 5.69 Å². The van der Waals surface area contributed by atoms with Crippen molar-refractivity contribution in [2.24, 2.45) is 0 Å². The number of benzene rings is 1. The molecule has 2 heterocycles. The van der Waals surface area contributed by atoms with E-state index in [0.29, 0.717) is 12.0 Å². The van der Waals surface area contributed by atoms with Gasteiger partial charge in [0.15, 0.2) is 0 Å². The van der Waals surface area contributed by atoms with Crippen molar-refractivity contribution >= 4 is 29.3 Å². The van der Waals surface area contributed by atoms with Crippen LogP contribution in [0, 0.1) is 10.1 Å². The minimum absolute atomic E-state index is 0.00528. The van der Waals surface area contributed by atoms with Crippen molar-refractivity contribution in [2.45, 2.75) is 43.7 Å². The molecule has 24 heavy (non-hydrogen) atoms. The van der Waals surface area contributed by atoms with Crippen LogP contribution in [0.5, 0.6) is 0 Å². The van der Waals surface area contributed by atoms with Crippen LogP contribution in [0.15, 0.2) is 24.3 Å². The molecule has 0 saturated carbocycles. The molecule has 3 atom stereocenters. The molecule has 8 heteroatoms. The molecule has 0 spiro atoms. The summed E-state index contributed by atoms with van der Waals surface area (Å²) in [5.74, 6) is 0.497. The number of carbonyl (C=O) groups excluding carboxylic acids is 2. The summed E-state index contributed by atoms with van der Waals surface area (Å²) in [4.78, 5) is 36.1. The van der Waals surface area contributed by atoms with E-state index in [1.54, 1.807) is 28.8 Å². The molecule has 2 aliphatic heterocycles. The number of nitro benzene ring substituents is 1. The Kier molecular flexibility index (Phi) is 4.75. The molecule has 0 radical (unpaired) electrons. The third-order valence-electron chi connectivity index (χ3n) is 4.40. The highest BCUT2D eigenvalue weighted by atomic mass is 32.2. The van der Waals surface area contributed by atoms with Crippen LogP contribution < -0.4 is 0 Å². The van der Waals surface area contributed by atoms with Crippen molar-refractivity contribution in [1.29, 1.82) is 0 Å². The predicted molar refractivity (Wildman–Crippen MR) is 88.5 cm³/mol. The summed E-state index contributed by atoms with van der Waals surface area (Å²) in [6, 6.07) is 5.54. The van der Waals surface area contributed by atoms with Gasteiger partial charge >= 0.3 is 5.97 Å². The maximum absolute atomic E-state index is 12.5. The Morgan fingerprint density at radius 1 is 1.42 bits per heavy atom. The van der Waals surface area contributed by atoms with Crippen LogP contribution in [0.3, 0.4) is 0 Å². The summed E-state index contributed by atoms with van der Waals surface area (Å²) in [5.41, 5.74) is 0.674. The number of nitro groups is 1. The molecule has 128 valence electrons. The normalized spacial score (nSPS) is 25.1. The number of hydrogen-bond acceptors (Lipinski definition) is 6. The first-order valence-corrected chi connectivity index (χ1v) is 8.89. The molecule has 1 aromatic rings. The molecule has 1 amide bonds. The van der Waals surface area contributed by atoms with E-state index in [0.717, 1.165) is 12.2 Å². The van der Waals surface area contributed by atoms with E-state index in [9.17, 15) is 19.7 Å². The molecule has 2 saturated heterocycles. The van der Waals surface area contributed by atoms with Crippen molar-refractivity contribution in [1.82, 2.24) is 4.90 Å². The zero-order valence-electron chi connectivity index (χ0n) is 13.2. The number of nitrogens with zero attached hydrogens (tertiary/aromatic N) is 2. The third-order valence-corrected chi connectivity index (χ3v) is 5.61. The lowest BCUT2D eigenvalue weighted by atomic mass is 10.0.